The van der Waals surface area contributed by atoms with Gasteiger partial charge in [-0.15, -0.1) is 4.99 Å². The maximum atomic E-state index is 9.24. The summed E-state index contributed by atoms with van der Waals surface area (Å²) in [5.74, 6) is 1.15. The lowest BCUT2D eigenvalue weighted by molar-refractivity contribution is 0.0848. The number of para-hydroxylation sites is 2. The third-order valence-corrected chi connectivity index (χ3v) is 9.71. The number of rotatable bonds is 6. The number of nitrogens with zero attached hydrogens (tertiary/aromatic N) is 6. The molecule has 0 N–H and O–H groups in total. The lowest BCUT2D eigenvalue weighted by Gasteiger charge is -2.46. The maximum absolute atomic E-state index is 9.24. The number of benzene rings is 2. The van der Waals surface area contributed by atoms with E-state index in [2.05, 4.69) is 80.9 Å². The van der Waals surface area contributed by atoms with Crippen molar-refractivity contribution in [2.45, 2.75) is 95.4 Å². The summed E-state index contributed by atoms with van der Waals surface area (Å²) in [5.41, 5.74) is 3.97. The van der Waals surface area contributed by atoms with Crippen molar-refractivity contribution in [1.82, 2.24) is 19.4 Å². The van der Waals surface area contributed by atoms with Gasteiger partial charge in [0.15, 0.2) is 0 Å². The Balaban J connectivity index is 1.17. The topological polar surface area (TPSA) is 69.7 Å². The summed E-state index contributed by atoms with van der Waals surface area (Å²) in [6.45, 7) is 8.98. The number of hydrogen-bond donors (Lipinski definition) is 0. The highest BCUT2D eigenvalue weighted by Gasteiger charge is 2.44. The standard InChI is InChI=1S/C33H42N6O/c1-24(2)40-32(35-23-34)37-18-15-33(16-19-37,26-9-5-4-6-10-26)17-20-38-27-13-14-28(38)22-29(21-27)39-25(3)36-30-11-7-8-12-31(30)39/h4-12,24,27-29H,13-22H2,1-3H3/b35-32-/t27-,28+,29+. The van der Waals surface area contributed by atoms with Crippen LogP contribution in [-0.4, -0.2) is 63.2 Å². The highest BCUT2D eigenvalue weighted by molar-refractivity contribution is 5.76. The summed E-state index contributed by atoms with van der Waals surface area (Å²) in [6.07, 6.45) is 10.2. The van der Waals surface area contributed by atoms with E-state index < -0.39 is 0 Å². The van der Waals surface area contributed by atoms with Crippen LogP contribution in [0.2, 0.25) is 0 Å². The van der Waals surface area contributed by atoms with Gasteiger partial charge in [0.25, 0.3) is 0 Å². The van der Waals surface area contributed by atoms with Crippen LogP contribution in [0.1, 0.15) is 76.2 Å². The smallest absolute Gasteiger partial charge is 0.303 e. The molecule has 3 fully saturated rings. The van der Waals surface area contributed by atoms with E-state index in [0.29, 0.717) is 24.1 Å². The number of imidazole rings is 1. The first kappa shape index (κ1) is 26.8. The van der Waals surface area contributed by atoms with Crippen molar-refractivity contribution >= 4 is 17.1 Å². The fourth-order valence-electron chi connectivity index (χ4n) is 7.82. The molecule has 4 heterocycles. The first-order valence-electron chi connectivity index (χ1n) is 15.1. The molecule has 7 heteroatoms. The molecular formula is C33H42N6O. The molecule has 3 aromatic rings. The third kappa shape index (κ3) is 5.10. The number of likely N-dealkylation sites (tertiary alicyclic amines) is 1. The predicted octanol–water partition coefficient (Wildman–Crippen LogP) is 6.20. The molecule has 0 unspecified atom stereocenters. The van der Waals surface area contributed by atoms with Crippen LogP contribution in [0.15, 0.2) is 59.6 Å². The number of fused-ring (bicyclic) bond motifs is 3. The van der Waals surface area contributed by atoms with E-state index in [-0.39, 0.29) is 11.5 Å². The fourth-order valence-corrected chi connectivity index (χ4v) is 7.82. The van der Waals surface area contributed by atoms with Crippen LogP contribution < -0.4 is 0 Å². The number of hydrogen-bond acceptors (Lipinski definition) is 5. The molecule has 210 valence electrons. The van der Waals surface area contributed by atoms with E-state index in [1.165, 1.54) is 36.8 Å². The maximum Gasteiger partial charge on any atom is 0.303 e. The SMILES string of the molecule is Cc1nc2ccccc2n1[C@H]1C[C@H]2CC[C@@H](C1)N2CCC1(c2ccccc2)CCN(/C(=N/C#N)OC(C)C)CC1. The molecule has 6 rings (SSSR count). The van der Waals surface area contributed by atoms with Gasteiger partial charge in [-0.05, 0) is 95.4 Å². The molecule has 0 radical (unpaired) electrons. The molecule has 40 heavy (non-hydrogen) atoms. The van der Waals surface area contributed by atoms with Gasteiger partial charge in [0.2, 0.25) is 6.19 Å². The molecule has 1 aromatic heterocycles. The quantitative estimate of drug-likeness (QED) is 0.212. The van der Waals surface area contributed by atoms with Crippen LogP contribution in [-0.2, 0) is 10.2 Å². The molecule has 2 aromatic carbocycles. The Hall–Kier alpha value is -3.37. The molecule has 0 saturated carbocycles. The highest BCUT2D eigenvalue weighted by atomic mass is 16.5. The van der Waals surface area contributed by atoms with Crippen molar-refractivity contribution in [3.63, 3.8) is 0 Å². The van der Waals surface area contributed by atoms with Crippen molar-refractivity contribution in [1.29, 1.82) is 5.26 Å². The zero-order chi connectivity index (χ0) is 27.7. The fraction of sp³-hybridized carbons (Fsp3) is 0.545. The van der Waals surface area contributed by atoms with Gasteiger partial charge in [0.1, 0.15) is 5.82 Å². The first-order valence-corrected chi connectivity index (χ1v) is 15.1. The summed E-state index contributed by atoms with van der Waals surface area (Å²) in [4.78, 5) is 13.9. The minimum absolute atomic E-state index is 0.00425. The number of amidine groups is 1. The summed E-state index contributed by atoms with van der Waals surface area (Å²) in [5, 5.41) is 9.24. The zero-order valence-electron chi connectivity index (χ0n) is 24.2. The van der Waals surface area contributed by atoms with Gasteiger partial charge in [-0.25, -0.2) is 4.98 Å². The normalized spacial score (nSPS) is 24.9. The van der Waals surface area contributed by atoms with E-state index in [9.17, 15) is 5.26 Å². The number of ether oxygens (including phenoxy) is 1. The average Bonchev–Trinajstić information content (AvgIpc) is 3.42. The molecule has 7 nitrogen and oxygen atoms in total. The van der Waals surface area contributed by atoms with Crippen LogP contribution in [0.4, 0.5) is 0 Å². The Morgan fingerprint density at radius 2 is 1.70 bits per heavy atom. The molecule has 3 aliphatic rings. The minimum atomic E-state index is -0.00425. The summed E-state index contributed by atoms with van der Waals surface area (Å²) >= 11 is 0. The van der Waals surface area contributed by atoms with Crippen molar-refractivity contribution < 1.29 is 4.74 Å². The second-order valence-electron chi connectivity index (χ2n) is 12.3. The van der Waals surface area contributed by atoms with Crippen LogP contribution >= 0.6 is 0 Å². The molecule has 0 spiro atoms. The Bertz CT molecular complexity index is 1370. The van der Waals surface area contributed by atoms with Crippen molar-refractivity contribution in [2.24, 2.45) is 4.99 Å². The molecule has 0 amide bonds. The van der Waals surface area contributed by atoms with Crippen LogP contribution in [0, 0.1) is 18.4 Å². The molecule has 0 aliphatic carbocycles. The second kappa shape index (κ2) is 11.2. The second-order valence-corrected chi connectivity index (χ2v) is 12.3. The van der Waals surface area contributed by atoms with Gasteiger partial charge in [-0.1, -0.05) is 42.5 Å². The van der Waals surface area contributed by atoms with E-state index >= 15 is 0 Å². The Morgan fingerprint density at radius 3 is 2.38 bits per heavy atom. The number of piperidine rings is 2. The van der Waals surface area contributed by atoms with Crippen molar-refractivity contribution in [3.8, 4) is 6.19 Å². The monoisotopic (exact) mass is 538 g/mol. The lowest BCUT2D eigenvalue weighted by Crippen LogP contribution is -2.49. The summed E-state index contributed by atoms with van der Waals surface area (Å²) in [6, 6.07) is 22.0. The summed E-state index contributed by atoms with van der Waals surface area (Å²) < 4.78 is 8.44. The van der Waals surface area contributed by atoms with E-state index in [4.69, 9.17) is 9.72 Å². The van der Waals surface area contributed by atoms with Crippen LogP contribution in [0.25, 0.3) is 11.0 Å². The van der Waals surface area contributed by atoms with Crippen LogP contribution in [0.5, 0.6) is 0 Å². The van der Waals surface area contributed by atoms with Gasteiger partial charge in [0, 0.05) is 31.2 Å². The van der Waals surface area contributed by atoms with Gasteiger partial charge in [-0.2, -0.15) is 5.26 Å². The third-order valence-electron chi connectivity index (χ3n) is 9.71. The average molecular weight is 539 g/mol. The van der Waals surface area contributed by atoms with Gasteiger partial charge >= 0.3 is 6.02 Å². The van der Waals surface area contributed by atoms with Crippen LogP contribution in [0.3, 0.4) is 0 Å². The van der Waals surface area contributed by atoms with Gasteiger partial charge in [-0.3, -0.25) is 4.90 Å². The van der Waals surface area contributed by atoms with Crippen molar-refractivity contribution in [2.75, 3.05) is 19.6 Å². The largest absolute Gasteiger partial charge is 0.462 e. The molecule has 2 bridgehead atoms. The zero-order valence-corrected chi connectivity index (χ0v) is 24.2. The molecular weight excluding hydrogens is 496 g/mol. The number of aromatic nitrogens is 2. The number of aryl methyl sites for hydroxylation is 1. The van der Waals surface area contributed by atoms with Gasteiger partial charge in [0.05, 0.1) is 17.1 Å². The van der Waals surface area contributed by atoms with Gasteiger partial charge < -0.3 is 14.2 Å². The Labute approximate surface area is 238 Å². The highest BCUT2D eigenvalue weighted by Crippen LogP contribution is 2.45. The minimum Gasteiger partial charge on any atom is -0.462 e. The molecule has 3 saturated heterocycles. The Kier molecular flexibility index (Phi) is 7.55. The number of aliphatic imine (C=N–C) groups is 1. The lowest BCUT2D eigenvalue weighted by atomic mass is 9.70. The van der Waals surface area contributed by atoms with E-state index in [1.54, 1.807) is 0 Å². The van der Waals surface area contributed by atoms with Crippen molar-refractivity contribution in [3.05, 3.63) is 66.0 Å². The van der Waals surface area contributed by atoms with E-state index in [1.807, 2.05) is 20.0 Å². The number of nitriles is 1. The predicted molar refractivity (Wildman–Crippen MR) is 159 cm³/mol. The first-order chi connectivity index (χ1) is 19.5. The van der Waals surface area contributed by atoms with E-state index in [0.717, 1.165) is 50.2 Å². The molecule has 3 aliphatic heterocycles. The molecule has 3 atom stereocenters. The summed E-state index contributed by atoms with van der Waals surface area (Å²) in [7, 11) is 0. The Morgan fingerprint density at radius 1 is 1.02 bits per heavy atom.